The molecule has 0 radical (unpaired) electrons. The zero-order chi connectivity index (χ0) is 13.0. The van der Waals surface area contributed by atoms with Crippen LogP contribution in [-0.2, 0) is 4.79 Å². The van der Waals surface area contributed by atoms with E-state index in [4.69, 9.17) is 5.73 Å². The van der Waals surface area contributed by atoms with Crippen molar-refractivity contribution in [3.05, 3.63) is 28.3 Å². The molecule has 0 saturated carbocycles. The highest BCUT2D eigenvalue weighted by Crippen LogP contribution is 2.30. The van der Waals surface area contributed by atoms with Crippen LogP contribution in [0.5, 0.6) is 0 Å². The van der Waals surface area contributed by atoms with E-state index in [0.717, 1.165) is 0 Å². The Hall–Kier alpha value is -2.31. The van der Waals surface area contributed by atoms with E-state index >= 15 is 0 Å². The maximum absolute atomic E-state index is 11.3. The number of nitro groups is 1. The molecule has 0 bridgehead atoms. The molecule has 4 N–H and O–H groups in total. The fraction of sp³-hybridized carbons (Fsp3) is 0.300. The van der Waals surface area contributed by atoms with Crippen molar-refractivity contribution in [3.63, 3.8) is 0 Å². The lowest BCUT2D eigenvalue weighted by Gasteiger charge is -2.14. The third-order valence-corrected chi connectivity index (χ3v) is 2.26. The molecule has 7 nitrogen and oxygen atoms in total. The molecule has 1 rings (SSSR count). The van der Waals surface area contributed by atoms with Crippen LogP contribution >= 0.6 is 0 Å². The van der Waals surface area contributed by atoms with Crippen molar-refractivity contribution in [2.24, 2.45) is 0 Å². The number of nitro benzene ring substituents is 1. The summed E-state index contributed by atoms with van der Waals surface area (Å²) < 4.78 is 0. The van der Waals surface area contributed by atoms with Gasteiger partial charge < -0.3 is 16.4 Å². The lowest BCUT2D eigenvalue weighted by Crippen LogP contribution is -2.35. The quantitative estimate of drug-likeness (QED) is 0.406. The summed E-state index contributed by atoms with van der Waals surface area (Å²) in [4.78, 5) is 21.6. The van der Waals surface area contributed by atoms with Gasteiger partial charge in [-0.1, -0.05) is 6.07 Å². The Morgan fingerprint density at radius 2 is 2.18 bits per heavy atom. The van der Waals surface area contributed by atoms with Crippen molar-refractivity contribution in [1.29, 1.82) is 0 Å². The molecule has 1 amide bonds. The number of para-hydroxylation sites is 1. The molecule has 1 aromatic carbocycles. The zero-order valence-corrected chi connectivity index (χ0v) is 9.56. The first kappa shape index (κ1) is 12.8. The van der Waals surface area contributed by atoms with Crippen LogP contribution in [-0.4, -0.2) is 23.9 Å². The number of nitrogens with zero attached hydrogens (tertiary/aromatic N) is 1. The molecule has 1 aromatic rings. The number of hydrogen-bond donors (Lipinski definition) is 3. The second kappa shape index (κ2) is 5.15. The molecular formula is C10H14N4O3. The molecular weight excluding hydrogens is 224 g/mol. The van der Waals surface area contributed by atoms with Gasteiger partial charge in [0.05, 0.1) is 4.92 Å². The molecule has 0 aliphatic heterocycles. The minimum atomic E-state index is -0.583. The highest BCUT2D eigenvalue weighted by Gasteiger charge is 2.20. The van der Waals surface area contributed by atoms with E-state index in [0.29, 0.717) is 0 Å². The molecule has 0 aliphatic carbocycles. The van der Waals surface area contributed by atoms with Gasteiger partial charge in [-0.3, -0.25) is 14.9 Å². The van der Waals surface area contributed by atoms with Gasteiger partial charge in [0.1, 0.15) is 17.4 Å². The Labute approximate surface area is 98.1 Å². The third-order valence-electron chi connectivity index (χ3n) is 2.26. The van der Waals surface area contributed by atoms with Crippen LogP contribution < -0.4 is 16.4 Å². The smallest absolute Gasteiger partial charge is 0.314 e. The second-order valence-electron chi connectivity index (χ2n) is 3.48. The highest BCUT2D eigenvalue weighted by atomic mass is 16.6. The van der Waals surface area contributed by atoms with E-state index in [1.807, 2.05) is 0 Å². The Kier molecular flexibility index (Phi) is 3.86. The molecule has 1 unspecified atom stereocenters. The first-order chi connectivity index (χ1) is 7.97. The van der Waals surface area contributed by atoms with Gasteiger partial charge in [-0.25, -0.2) is 0 Å². The number of likely N-dealkylation sites (N-methyl/N-ethyl adjacent to an activating group) is 1. The minimum Gasteiger partial charge on any atom is -0.393 e. The first-order valence-corrected chi connectivity index (χ1v) is 4.98. The van der Waals surface area contributed by atoms with Crippen LogP contribution in [0.25, 0.3) is 0 Å². The fourth-order valence-corrected chi connectivity index (χ4v) is 1.40. The van der Waals surface area contributed by atoms with E-state index in [-0.39, 0.29) is 23.0 Å². The number of nitrogens with two attached hydrogens (primary N) is 1. The van der Waals surface area contributed by atoms with Crippen LogP contribution in [0.2, 0.25) is 0 Å². The molecule has 0 saturated heterocycles. The maximum atomic E-state index is 11.3. The fourth-order valence-electron chi connectivity index (χ4n) is 1.40. The number of nitrogen functional groups attached to an aromatic ring is 1. The minimum absolute atomic E-state index is 0.0594. The molecule has 1 atom stereocenters. The summed E-state index contributed by atoms with van der Waals surface area (Å²) in [5.74, 6) is -0.262. The van der Waals surface area contributed by atoms with Crippen molar-refractivity contribution < 1.29 is 9.72 Å². The van der Waals surface area contributed by atoms with Crippen LogP contribution in [0.1, 0.15) is 6.92 Å². The van der Waals surface area contributed by atoms with Gasteiger partial charge in [-0.05, 0) is 19.1 Å². The third kappa shape index (κ3) is 2.83. The molecule has 0 aromatic heterocycles. The number of amides is 1. The molecule has 0 aliphatic rings. The number of carbonyl (C=O) groups excluding carboxylic acids is 1. The van der Waals surface area contributed by atoms with Gasteiger partial charge in [0.15, 0.2) is 0 Å². The number of anilines is 2. The number of benzene rings is 1. The van der Waals surface area contributed by atoms with E-state index in [1.165, 1.54) is 19.2 Å². The number of carbonyl (C=O) groups is 1. The highest BCUT2D eigenvalue weighted by molar-refractivity contribution is 5.86. The Morgan fingerprint density at radius 1 is 1.53 bits per heavy atom. The Morgan fingerprint density at radius 3 is 2.71 bits per heavy atom. The normalized spacial score (nSPS) is 11.6. The van der Waals surface area contributed by atoms with Gasteiger partial charge in [0, 0.05) is 7.05 Å². The van der Waals surface area contributed by atoms with Gasteiger partial charge in [-0.15, -0.1) is 0 Å². The summed E-state index contributed by atoms with van der Waals surface area (Å²) in [6.07, 6.45) is 0. The van der Waals surface area contributed by atoms with Crippen molar-refractivity contribution >= 4 is 23.0 Å². The number of rotatable bonds is 4. The summed E-state index contributed by atoms with van der Waals surface area (Å²) in [7, 11) is 1.49. The Balaban J connectivity index is 3.02. The first-order valence-electron chi connectivity index (χ1n) is 4.98. The predicted octanol–water partition coefficient (Wildman–Crippen LogP) is 0.723. The van der Waals surface area contributed by atoms with E-state index in [1.54, 1.807) is 13.0 Å². The second-order valence-corrected chi connectivity index (χ2v) is 3.48. The summed E-state index contributed by atoms with van der Waals surface area (Å²) in [5, 5.41) is 16.0. The van der Waals surface area contributed by atoms with Crippen molar-refractivity contribution in [3.8, 4) is 0 Å². The average molecular weight is 238 g/mol. The molecule has 7 heteroatoms. The SMILES string of the molecule is CNC(=O)C(C)Nc1cccc(N)c1[N+](=O)[O-]. The van der Waals surface area contributed by atoms with Crippen LogP contribution in [0.15, 0.2) is 18.2 Å². The summed E-state index contributed by atoms with van der Waals surface area (Å²) in [6.45, 7) is 1.60. The lowest BCUT2D eigenvalue weighted by atomic mass is 10.2. The van der Waals surface area contributed by atoms with Gasteiger partial charge in [-0.2, -0.15) is 0 Å². The summed E-state index contributed by atoms with van der Waals surface area (Å²) in [6, 6.07) is 3.95. The van der Waals surface area contributed by atoms with Crippen molar-refractivity contribution in [2.75, 3.05) is 18.1 Å². The van der Waals surface area contributed by atoms with Crippen LogP contribution in [0, 0.1) is 10.1 Å². The molecule has 0 fully saturated rings. The number of hydrogen-bond acceptors (Lipinski definition) is 5. The largest absolute Gasteiger partial charge is 0.393 e. The standard InChI is InChI=1S/C10H14N4O3/c1-6(10(15)12-2)13-8-5-3-4-7(11)9(8)14(16)17/h3-6,13H,11H2,1-2H3,(H,12,15). The average Bonchev–Trinajstić information content (AvgIpc) is 2.27. The lowest BCUT2D eigenvalue weighted by molar-refractivity contribution is -0.383. The number of nitrogens with one attached hydrogen (secondary N) is 2. The van der Waals surface area contributed by atoms with Gasteiger partial charge in [0.25, 0.3) is 0 Å². The van der Waals surface area contributed by atoms with E-state index < -0.39 is 11.0 Å². The van der Waals surface area contributed by atoms with Crippen molar-refractivity contribution in [2.45, 2.75) is 13.0 Å². The molecule has 17 heavy (non-hydrogen) atoms. The van der Waals surface area contributed by atoms with Gasteiger partial charge in [0.2, 0.25) is 5.91 Å². The topological polar surface area (TPSA) is 110 Å². The van der Waals surface area contributed by atoms with Crippen molar-refractivity contribution in [1.82, 2.24) is 5.32 Å². The maximum Gasteiger partial charge on any atom is 0.314 e. The van der Waals surface area contributed by atoms with E-state index in [2.05, 4.69) is 10.6 Å². The Bertz CT molecular complexity index is 447. The monoisotopic (exact) mass is 238 g/mol. The molecule has 92 valence electrons. The van der Waals surface area contributed by atoms with Crippen LogP contribution in [0.3, 0.4) is 0 Å². The van der Waals surface area contributed by atoms with Crippen LogP contribution in [0.4, 0.5) is 17.1 Å². The molecule has 0 heterocycles. The predicted molar refractivity (Wildman–Crippen MR) is 64.7 cm³/mol. The summed E-state index contributed by atoms with van der Waals surface area (Å²) >= 11 is 0. The molecule has 0 spiro atoms. The van der Waals surface area contributed by atoms with Gasteiger partial charge >= 0.3 is 5.69 Å². The summed E-state index contributed by atoms with van der Waals surface area (Å²) in [5.41, 5.74) is 5.59. The van der Waals surface area contributed by atoms with E-state index in [9.17, 15) is 14.9 Å². The zero-order valence-electron chi connectivity index (χ0n) is 9.56.